The molecule has 0 aliphatic rings. The zero-order valence-electron chi connectivity index (χ0n) is 31.1. The number of benzene rings is 3. The molecule has 11 nitrogen and oxygen atoms in total. The summed E-state index contributed by atoms with van der Waals surface area (Å²) in [5.74, 6) is 0.627. The van der Waals surface area contributed by atoms with Crippen molar-refractivity contribution >= 4 is 47.6 Å². The number of amides is 1. The van der Waals surface area contributed by atoms with Gasteiger partial charge in [0.2, 0.25) is 5.95 Å². The van der Waals surface area contributed by atoms with Gasteiger partial charge in [0, 0.05) is 36.4 Å². The number of anilines is 2. The van der Waals surface area contributed by atoms with Crippen molar-refractivity contribution in [3.05, 3.63) is 95.9 Å². The first kappa shape index (κ1) is 38.4. The maximum atomic E-state index is 14.8. The van der Waals surface area contributed by atoms with Crippen molar-refractivity contribution in [2.45, 2.75) is 71.1 Å². The Labute approximate surface area is 306 Å². The molecule has 1 atom stereocenters. The number of aromatic nitrogens is 4. The van der Waals surface area contributed by atoms with Crippen molar-refractivity contribution in [3.8, 4) is 5.75 Å². The number of fused-ring (bicyclic) bond motifs is 1. The highest BCUT2D eigenvalue weighted by Crippen LogP contribution is 2.37. The Morgan fingerprint density at radius 1 is 0.962 bits per heavy atom. The van der Waals surface area contributed by atoms with Crippen LogP contribution in [-0.4, -0.2) is 68.1 Å². The number of hydrogen-bond acceptors (Lipinski definition) is 9. The van der Waals surface area contributed by atoms with E-state index in [1.165, 1.54) is 30.7 Å². The largest absolute Gasteiger partial charge is 0.496 e. The lowest BCUT2D eigenvalue weighted by Crippen LogP contribution is -2.66. The van der Waals surface area contributed by atoms with Crippen molar-refractivity contribution in [1.29, 1.82) is 0 Å². The molecular weight excluding hydrogens is 678 g/mol. The number of carbonyl (C=O) groups is 1. The molecule has 3 N–H and O–H groups in total. The van der Waals surface area contributed by atoms with Crippen molar-refractivity contribution in [1.82, 2.24) is 25.1 Å². The third kappa shape index (κ3) is 8.43. The number of ether oxygens (including phenoxy) is 2. The second-order valence-electron chi connectivity index (χ2n) is 13.8. The summed E-state index contributed by atoms with van der Waals surface area (Å²) in [5.41, 5.74) is 2.40. The molecule has 0 fully saturated rings. The lowest BCUT2D eigenvalue weighted by molar-refractivity contribution is 0.186. The van der Waals surface area contributed by atoms with E-state index in [-0.39, 0.29) is 29.4 Å². The molecule has 0 saturated carbocycles. The normalized spacial score (nSPS) is 12.5. The molecule has 276 valence electrons. The molecule has 52 heavy (non-hydrogen) atoms. The van der Waals surface area contributed by atoms with Gasteiger partial charge < -0.3 is 24.5 Å². The fourth-order valence-electron chi connectivity index (χ4n) is 6.82. The summed E-state index contributed by atoms with van der Waals surface area (Å²) < 4.78 is 34.2. The number of carbonyl (C=O) groups excluding carboxylic acids is 1. The minimum atomic E-state index is -2.74. The summed E-state index contributed by atoms with van der Waals surface area (Å²) in [6.07, 6.45) is 3.38. The predicted molar refractivity (Wildman–Crippen MR) is 207 cm³/mol. The zero-order valence-corrected chi connectivity index (χ0v) is 32.1. The second kappa shape index (κ2) is 17.1. The fraction of sp³-hybridized carbons (Fsp3) is 0.385. The molecule has 0 bridgehead atoms. The van der Waals surface area contributed by atoms with Crippen LogP contribution in [0.4, 0.5) is 21.0 Å². The zero-order chi connectivity index (χ0) is 37.3. The van der Waals surface area contributed by atoms with Gasteiger partial charge in [0.1, 0.15) is 22.6 Å². The molecule has 1 amide bonds. The summed E-state index contributed by atoms with van der Waals surface area (Å²) in [6.45, 7) is 10.1. The molecule has 3 aromatic carbocycles. The van der Waals surface area contributed by atoms with Crippen molar-refractivity contribution in [3.63, 3.8) is 0 Å². The standard InChI is InChI=1S/C39H50FN7O4Si/c1-8-15-29(20-21-51-52(39(2,3)4,30-16-11-9-12-17-30)31-18-13-10-14-19-31)43-36-35-33(44-37(45-36)46-38(48)50-7)25-42-47(35)26-28-22-27(24-41-5)32(40)23-34(28)49-6/h9-14,16-19,22-23,25,29,41H,8,15,20-21,24,26H2,1-7H3,(H2,43,44,45,46,48). The first-order valence-electron chi connectivity index (χ1n) is 17.6. The fourth-order valence-corrected chi connectivity index (χ4v) is 11.4. The minimum absolute atomic E-state index is 0.0433. The summed E-state index contributed by atoms with van der Waals surface area (Å²) >= 11 is 0. The Balaban J connectivity index is 1.50. The molecular formula is C39H50FN7O4Si. The number of halogens is 1. The quantitative estimate of drug-likeness (QED) is 0.0982. The predicted octanol–water partition coefficient (Wildman–Crippen LogP) is 6.47. The van der Waals surface area contributed by atoms with Gasteiger partial charge in [-0.05, 0) is 41.4 Å². The Bertz CT molecular complexity index is 1900. The van der Waals surface area contributed by atoms with Crippen LogP contribution >= 0.6 is 0 Å². The van der Waals surface area contributed by atoms with Gasteiger partial charge in [0.05, 0.1) is 27.0 Å². The van der Waals surface area contributed by atoms with Crippen LogP contribution in [0.3, 0.4) is 0 Å². The molecule has 5 rings (SSSR count). The number of hydrogen-bond donors (Lipinski definition) is 3. The van der Waals surface area contributed by atoms with E-state index in [9.17, 15) is 9.18 Å². The van der Waals surface area contributed by atoms with Gasteiger partial charge in [-0.25, -0.2) is 14.2 Å². The van der Waals surface area contributed by atoms with E-state index >= 15 is 0 Å². The molecule has 0 aliphatic heterocycles. The molecule has 2 heterocycles. The molecule has 1 unspecified atom stereocenters. The van der Waals surface area contributed by atoms with Crippen LogP contribution in [0.5, 0.6) is 5.75 Å². The summed E-state index contributed by atoms with van der Waals surface area (Å²) in [4.78, 5) is 21.5. The van der Waals surface area contributed by atoms with E-state index in [4.69, 9.17) is 18.9 Å². The van der Waals surface area contributed by atoms with Crippen LogP contribution in [0.2, 0.25) is 5.04 Å². The maximum absolute atomic E-state index is 14.8. The summed E-state index contributed by atoms with van der Waals surface area (Å²) in [6, 6.07) is 24.3. The van der Waals surface area contributed by atoms with Gasteiger partial charge in [-0.1, -0.05) is 94.8 Å². The van der Waals surface area contributed by atoms with Crippen LogP contribution in [0, 0.1) is 5.82 Å². The molecule has 0 spiro atoms. The third-order valence-corrected chi connectivity index (χ3v) is 14.2. The van der Waals surface area contributed by atoms with Gasteiger partial charge >= 0.3 is 6.09 Å². The summed E-state index contributed by atoms with van der Waals surface area (Å²) in [5, 5.41) is 16.2. The van der Waals surface area contributed by atoms with Crippen LogP contribution in [-0.2, 0) is 22.3 Å². The molecule has 0 aliphatic carbocycles. The van der Waals surface area contributed by atoms with Crippen LogP contribution in [0.25, 0.3) is 11.0 Å². The molecule has 0 saturated heterocycles. The van der Waals surface area contributed by atoms with Gasteiger partial charge in [-0.2, -0.15) is 10.1 Å². The van der Waals surface area contributed by atoms with Crippen molar-refractivity contribution in [2.24, 2.45) is 0 Å². The highest BCUT2D eigenvalue weighted by Gasteiger charge is 2.50. The lowest BCUT2D eigenvalue weighted by Gasteiger charge is -2.43. The maximum Gasteiger partial charge on any atom is 0.413 e. The molecule has 0 radical (unpaired) electrons. The molecule has 2 aromatic heterocycles. The summed E-state index contributed by atoms with van der Waals surface area (Å²) in [7, 11) is 1.83. The van der Waals surface area contributed by atoms with Crippen LogP contribution < -0.4 is 31.1 Å². The molecule has 5 aromatic rings. The smallest absolute Gasteiger partial charge is 0.413 e. The first-order valence-corrected chi connectivity index (χ1v) is 19.5. The monoisotopic (exact) mass is 727 g/mol. The SMILES string of the molecule is CCCC(CCO[Si](c1ccccc1)(c1ccccc1)C(C)(C)C)Nc1nc(NC(=O)OC)nc2cnn(Cc3cc(CNC)c(F)cc3OC)c12. The number of rotatable bonds is 16. The number of methoxy groups -OCH3 is 2. The highest BCUT2D eigenvalue weighted by molar-refractivity contribution is 6.99. The van der Waals surface area contributed by atoms with Crippen LogP contribution in [0.1, 0.15) is 58.1 Å². The minimum Gasteiger partial charge on any atom is -0.496 e. The average Bonchev–Trinajstić information content (AvgIpc) is 3.54. The van der Waals surface area contributed by atoms with E-state index in [0.717, 1.165) is 18.4 Å². The van der Waals surface area contributed by atoms with Gasteiger partial charge in [-0.15, -0.1) is 0 Å². The Hall–Kier alpha value is -4.85. The van der Waals surface area contributed by atoms with Gasteiger partial charge in [0.25, 0.3) is 8.32 Å². The van der Waals surface area contributed by atoms with Gasteiger partial charge in [-0.3, -0.25) is 10.00 Å². The van der Waals surface area contributed by atoms with E-state index in [1.54, 1.807) is 24.0 Å². The Morgan fingerprint density at radius 2 is 1.63 bits per heavy atom. The second-order valence-corrected chi connectivity index (χ2v) is 18.1. The Morgan fingerprint density at radius 3 is 2.21 bits per heavy atom. The van der Waals surface area contributed by atoms with E-state index < -0.39 is 14.4 Å². The number of nitrogens with one attached hydrogen (secondary N) is 3. The van der Waals surface area contributed by atoms with Crippen LogP contribution in [0.15, 0.2) is 79.0 Å². The topological polar surface area (TPSA) is 124 Å². The highest BCUT2D eigenvalue weighted by atomic mass is 28.4. The first-order chi connectivity index (χ1) is 25.0. The van der Waals surface area contributed by atoms with E-state index in [0.29, 0.717) is 47.7 Å². The van der Waals surface area contributed by atoms with Crippen molar-refractivity contribution in [2.75, 3.05) is 38.5 Å². The number of nitrogens with zero attached hydrogens (tertiary/aromatic N) is 4. The van der Waals surface area contributed by atoms with E-state index in [2.05, 4.69) is 102 Å². The van der Waals surface area contributed by atoms with Crippen molar-refractivity contribution < 1.29 is 23.1 Å². The third-order valence-electron chi connectivity index (χ3n) is 9.20. The molecule has 13 heteroatoms. The van der Waals surface area contributed by atoms with E-state index in [1.807, 2.05) is 12.1 Å². The Kier molecular flexibility index (Phi) is 12.6. The van der Waals surface area contributed by atoms with Gasteiger partial charge in [0.15, 0.2) is 5.82 Å². The lowest BCUT2D eigenvalue weighted by atomic mass is 10.1. The average molecular weight is 728 g/mol.